The monoisotopic (exact) mass is 181 g/mol. The standard InChI is InChI=1S/C6H6F3NO2/c1-3-5(6(7,8)9)10-4(2-11)12-3/h11H,2H2,1H3. The number of aromatic nitrogens is 1. The number of aryl methyl sites for hydroxylation is 1. The second kappa shape index (κ2) is 2.78. The first kappa shape index (κ1) is 9.05. The van der Waals surface area contributed by atoms with E-state index in [1.54, 1.807) is 0 Å². The Hall–Kier alpha value is -1.04. The fourth-order valence-electron chi connectivity index (χ4n) is 0.782. The summed E-state index contributed by atoms with van der Waals surface area (Å²) in [5, 5.41) is 8.42. The summed E-state index contributed by atoms with van der Waals surface area (Å²) < 4.78 is 40.5. The van der Waals surface area contributed by atoms with E-state index in [1.807, 2.05) is 0 Å². The SMILES string of the molecule is Cc1oc(CO)nc1C(F)(F)F. The fourth-order valence-corrected chi connectivity index (χ4v) is 0.782. The van der Waals surface area contributed by atoms with Crippen LogP contribution >= 0.6 is 0 Å². The highest BCUT2D eigenvalue weighted by atomic mass is 19.4. The van der Waals surface area contributed by atoms with Crippen LogP contribution in [0.15, 0.2) is 4.42 Å². The number of aliphatic hydroxyl groups excluding tert-OH is 1. The zero-order valence-electron chi connectivity index (χ0n) is 6.14. The van der Waals surface area contributed by atoms with Crippen LogP contribution in [0.25, 0.3) is 0 Å². The summed E-state index contributed by atoms with van der Waals surface area (Å²) in [5.41, 5.74) is -1.08. The molecule has 1 heterocycles. The van der Waals surface area contributed by atoms with Crippen LogP contribution in [0, 0.1) is 6.92 Å². The van der Waals surface area contributed by atoms with Crippen LogP contribution in [0.4, 0.5) is 13.2 Å². The zero-order valence-corrected chi connectivity index (χ0v) is 6.14. The Morgan fingerprint density at radius 2 is 2.08 bits per heavy atom. The third kappa shape index (κ3) is 1.58. The third-order valence-corrected chi connectivity index (χ3v) is 1.24. The minimum absolute atomic E-state index is 0.320. The first-order chi connectivity index (χ1) is 5.45. The Kier molecular flexibility index (Phi) is 2.10. The summed E-state index contributed by atoms with van der Waals surface area (Å²) in [4.78, 5) is 3.06. The molecule has 0 radical (unpaired) electrons. The van der Waals surface area contributed by atoms with E-state index < -0.39 is 18.5 Å². The average molecular weight is 181 g/mol. The first-order valence-corrected chi connectivity index (χ1v) is 3.09. The van der Waals surface area contributed by atoms with Gasteiger partial charge in [-0.3, -0.25) is 0 Å². The van der Waals surface area contributed by atoms with Crippen molar-refractivity contribution in [2.24, 2.45) is 0 Å². The van der Waals surface area contributed by atoms with Crippen molar-refractivity contribution in [2.45, 2.75) is 19.7 Å². The Morgan fingerprint density at radius 1 is 1.50 bits per heavy atom. The lowest BCUT2D eigenvalue weighted by molar-refractivity contribution is -0.141. The highest BCUT2D eigenvalue weighted by Gasteiger charge is 2.37. The molecule has 0 aliphatic rings. The lowest BCUT2D eigenvalue weighted by Crippen LogP contribution is -2.07. The van der Waals surface area contributed by atoms with Crippen molar-refractivity contribution in [1.29, 1.82) is 0 Å². The number of oxazole rings is 1. The molecule has 3 nitrogen and oxygen atoms in total. The normalized spacial score (nSPS) is 12.1. The Balaban J connectivity index is 3.08. The molecule has 0 amide bonds. The minimum atomic E-state index is -4.51. The van der Waals surface area contributed by atoms with Crippen LogP contribution in [0.3, 0.4) is 0 Å². The van der Waals surface area contributed by atoms with E-state index in [1.165, 1.54) is 0 Å². The molecule has 1 aromatic rings. The molecular weight excluding hydrogens is 175 g/mol. The molecule has 0 aliphatic carbocycles. The van der Waals surface area contributed by atoms with Crippen LogP contribution in [0.5, 0.6) is 0 Å². The summed E-state index contributed by atoms with van der Waals surface area (Å²) in [6, 6.07) is 0. The Labute approximate surface area is 65.8 Å². The fraction of sp³-hybridized carbons (Fsp3) is 0.500. The quantitative estimate of drug-likeness (QED) is 0.713. The third-order valence-electron chi connectivity index (χ3n) is 1.24. The molecule has 6 heteroatoms. The van der Waals surface area contributed by atoms with Crippen molar-refractivity contribution in [3.8, 4) is 0 Å². The highest BCUT2D eigenvalue weighted by molar-refractivity contribution is 5.11. The molecule has 0 saturated carbocycles. The molecule has 1 rings (SSSR count). The summed E-state index contributed by atoms with van der Waals surface area (Å²) in [7, 11) is 0. The van der Waals surface area contributed by atoms with Gasteiger partial charge in [0.05, 0.1) is 0 Å². The predicted molar refractivity (Wildman–Crippen MR) is 32.2 cm³/mol. The van der Waals surface area contributed by atoms with E-state index in [9.17, 15) is 13.2 Å². The number of nitrogens with zero attached hydrogens (tertiary/aromatic N) is 1. The number of halogens is 3. The molecule has 68 valence electrons. The van der Waals surface area contributed by atoms with Crippen molar-refractivity contribution in [2.75, 3.05) is 0 Å². The van der Waals surface area contributed by atoms with Crippen LogP contribution < -0.4 is 0 Å². The summed E-state index contributed by atoms with van der Waals surface area (Å²) >= 11 is 0. The maximum absolute atomic E-state index is 12.0. The van der Waals surface area contributed by atoms with Gasteiger partial charge in [-0.1, -0.05) is 0 Å². The van der Waals surface area contributed by atoms with Gasteiger partial charge in [-0.25, -0.2) is 4.98 Å². The molecule has 0 spiro atoms. The van der Waals surface area contributed by atoms with E-state index in [0.717, 1.165) is 6.92 Å². The smallest absolute Gasteiger partial charge is 0.436 e. The van der Waals surface area contributed by atoms with Gasteiger partial charge >= 0.3 is 6.18 Å². The van der Waals surface area contributed by atoms with Crippen molar-refractivity contribution in [3.05, 3.63) is 17.3 Å². The van der Waals surface area contributed by atoms with E-state index in [2.05, 4.69) is 9.40 Å². The van der Waals surface area contributed by atoms with Gasteiger partial charge in [0, 0.05) is 0 Å². The van der Waals surface area contributed by atoms with Crippen molar-refractivity contribution < 1.29 is 22.7 Å². The Bertz CT molecular complexity index is 279. The van der Waals surface area contributed by atoms with Gasteiger partial charge in [-0.15, -0.1) is 0 Å². The van der Waals surface area contributed by atoms with Crippen molar-refractivity contribution >= 4 is 0 Å². The molecule has 0 aromatic carbocycles. The van der Waals surface area contributed by atoms with Gasteiger partial charge in [0.15, 0.2) is 5.69 Å². The molecule has 0 atom stereocenters. The van der Waals surface area contributed by atoms with Crippen LogP contribution in [0.2, 0.25) is 0 Å². The molecule has 1 N–H and O–H groups in total. The summed E-state index contributed by atoms with van der Waals surface area (Å²) in [5.74, 6) is -0.647. The van der Waals surface area contributed by atoms with Crippen LogP contribution in [-0.2, 0) is 12.8 Å². The highest BCUT2D eigenvalue weighted by Crippen LogP contribution is 2.31. The molecule has 0 bridgehead atoms. The maximum Gasteiger partial charge on any atom is 0.436 e. The van der Waals surface area contributed by atoms with Gasteiger partial charge in [0.1, 0.15) is 12.4 Å². The molecule has 0 unspecified atom stereocenters. The van der Waals surface area contributed by atoms with E-state index in [0.29, 0.717) is 0 Å². The van der Waals surface area contributed by atoms with Gasteiger partial charge < -0.3 is 9.52 Å². The van der Waals surface area contributed by atoms with E-state index in [4.69, 9.17) is 5.11 Å². The lowest BCUT2D eigenvalue weighted by atomic mass is 10.4. The average Bonchev–Trinajstić information content (AvgIpc) is 2.29. The minimum Gasteiger partial charge on any atom is -0.443 e. The predicted octanol–water partition coefficient (Wildman–Crippen LogP) is 1.49. The second-order valence-corrected chi connectivity index (χ2v) is 2.17. The number of hydrogen-bond acceptors (Lipinski definition) is 3. The lowest BCUT2D eigenvalue weighted by Gasteiger charge is -2.00. The summed E-state index contributed by atoms with van der Waals surface area (Å²) in [6.07, 6.45) is -4.51. The van der Waals surface area contributed by atoms with Crippen LogP contribution in [-0.4, -0.2) is 10.1 Å². The van der Waals surface area contributed by atoms with Gasteiger partial charge in [0.25, 0.3) is 0 Å². The van der Waals surface area contributed by atoms with Gasteiger partial charge in [0.2, 0.25) is 5.89 Å². The van der Waals surface area contributed by atoms with Gasteiger partial charge in [-0.05, 0) is 6.92 Å². The van der Waals surface area contributed by atoms with E-state index in [-0.39, 0.29) is 11.7 Å². The first-order valence-electron chi connectivity index (χ1n) is 3.09. The molecule has 0 saturated heterocycles. The number of rotatable bonds is 1. The largest absolute Gasteiger partial charge is 0.443 e. The molecular formula is C6H6F3NO2. The number of aliphatic hydroxyl groups is 1. The van der Waals surface area contributed by atoms with Crippen molar-refractivity contribution in [3.63, 3.8) is 0 Å². The van der Waals surface area contributed by atoms with E-state index >= 15 is 0 Å². The topological polar surface area (TPSA) is 46.3 Å². The molecule has 0 fully saturated rings. The number of hydrogen-bond donors (Lipinski definition) is 1. The molecule has 12 heavy (non-hydrogen) atoms. The maximum atomic E-state index is 12.0. The zero-order chi connectivity index (χ0) is 9.35. The molecule has 1 aromatic heterocycles. The number of alkyl halides is 3. The summed E-state index contributed by atoms with van der Waals surface area (Å²) in [6.45, 7) is 0.520. The van der Waals surface area contributed by atoms with Crippen LogP contribution in [0.1, 0.15) is 17.3 Å². The van der Waals surface area contributed by atoms with Gasteiger partial charge in [-0.2, -0.15) is 13.2 Å². The molecule has 0 aliphatic heterocycles. The van der Waals surface area contributed by atoms with Crippen molar-refractivity contribution in [1.82, 2.24) is 4.98 Å². The second-order valence-electron chi connectivity index (χ2n) is 2.17. The Morgan fingerprint density at radius 3 is 2.33 bits per heavy atom.